The summed E-state index contributed by atoms with van der Waals surface area (Å²) in [5.41, 5.74) is 1.12. The zero-order valence-electron chi connectivity index (χ0n) is 6.76. The number of hydrogen-bond acceptors (Lipinski definition) is 3. The molecule has 0 atom stereocenters. The summed E-state index contributed by atoms with van der Waals surface area (Å²) in [5, 5.41) is 11.6. The molecule has 0 saturated carbocycles. The lowest BCUT2D eigenvalue weighted by atomic mass is 10.2. The molecule has 0 fully saturated rings. The van der Waals surface area contributed by atoms with Crippen molar-refractivity contribution in [3.8, 4) is 0 Å². The molecule has 0 spiro atoms. The molecule has 2 rings (SSSR count). The first-order valence-corrected chi connectivity index (χ1v) is 4.17. The highest BCUT2D eigenvalue weighted by Gasteiger charge is 1.95. The molecule has 5 heteroatoms. The molecule has 0 bridgehead atoms. The minimum atomic E-state index is 0.671. The van der Waals surface area contributed by atoms with Crippen LogP contribution in [0.1, 0.15) is 5.56 Å². The first-order chi connectivity index (χ1) is 6.34. The second-order valence-corrected chi connectivity index (χ2v) is 3.07. The van der Waals surface area contributed by atoms with E-state index in [2.05, 4.69) is 15.5 Å². The van der Waals surface area contributed by atoms with Crippen LogP contribution in [0.2, 0.25) is 5.02 Å². The van der Waals surface area contributed by atoms with Gasteiger partial charge in [0.25, 0.3) is 0 Å². The van der Waals surface area contributed by atoms with Crippen molar-refractivity contribution in [2.24, 2.45) is 0 Å². The molecular weight excluding hydrogens is 188 g/mol. The Morgan fingerprint density at radius 3 is 2.62 bits per heavy atom. The van der Waals surface area contributed by atoms with E-state index in [1.54, 1.807) is 11.0 Å². The van der Waals surface area contributed by atoms with Gasteiger partial charge in [-0.3, -0.25) is 0 Å². The van der Waals surface area contributed by atoms with Gasteiger partial charge in [0.1, 0.15) is 6.33 Å². The lowest BCUT2D eigenvalue weighted by Crippen LogP contribution is -1.99. The van der Waals surface area contributed by atoms with Crippen molar-refractivity contribution in [3.63, 3.8) is 0 Å². The Morgan fingerprint density at radius 1 is 1.23 bits per heavy atom. The second-order valence-electron chi connectivity index (χ2n) is 2.63. The summed E-state index contributed by atoms with van der Waals surface area (Å²) in [7, 11) is 0. The van der Waals surface area contributed by atoms with E-state index in [4.69, 9.17) is 11.6 Å². The van der Waals surface area contributed by atoms with Crippen LogP contribution >= 0.6 is 11.6 Å². The minimum absolute atomic E-state index is 0.671. The van der Waals surface area contributed by atoms with Gasteiger partial charge in [0.15, 0.2) is 0 Å². The maximum atomic E-state index is 5.75. The van der Waals surface area contributed by atoms with Crippen molar-refractivity contribution in [3.05, 3.63) is 41.2 Å². The monoisotopic (exact) mass is 194 g/mol. The molecule has 1 aromatic heterocycles. The van der Waals surface area contributed by atoms with Crippen LogP contribution in [0.5, 0.6) is 0 Å². The molecule has 0 saturated heterocycles. The van der Waals surface area contributed by atoms with Crippen LogP contribution in [-0.4, -0.2) is 20.2 Å². The smallest absolute Gasteiger partial charge is 0.138 e. The highest BCUT2D eigenvalue weighted by atomic mass is 35.5. The van der Waals surface area contributed by atoms with E-state index in [0.717, 1.165) is 10.6 Å². The predicted octanol–water partition coefficient (Wildman–Crippen LogP) is 1.37. The molecular formula is C8H7ClN4. The lowest BCUT2D eigenvalue weighted by molar-refractivity contribution is 0.648. The zero-order valence-corrected chi connectivity index (χ0v) is 7.52. The number of benzene rings is 1. The van der Waals surface area contributed by atoms with Gasteiger partial charge in [0.2, 0.25) is 0 Å². The van der Waals surface area contributed by atoms with Gasteiger partial charge >= 0.3 is 0 Å². The Bertz CT molecular complexity index is 368. The van der Waals surface area contributed by atoms with Gasteiger partial charge in [0, 0.05) is 5.02 Å². The number of tetrazole rings is 1. The normalized spacial score (nSPS) is 10.2. The summed E-state index contributed by atoms with van der Waals surface area (Å²) in [5.74, 6) is 0. The maximum absolute atomic E-state index is 5.75. The van der Waals surface area contributed by atoms with Crippen molar-refractivity contribution >= 4 is 11.6 Å². The van der Waals surface area contributed by atoms with Gasteiger partial charge in [-0.25, -0.2) is 4.68 Å². The lowest BCUT2D eigenvalue weighted by Gasteiger charge is -1.99. The first kappa shape index (κ1) is 8.19. The van der Waals surface area contributed by atoms with E-state index >= 15 is 0 Å². The molecule has 0 amide bonds. The van der Waals surface area contributed by atoms with Gasteiger partial charge in [-0.15, -0.1) is 5.10 Å². The second kappa shape index (κ2) is 3.53. The first-order valence-electron chi connectivity index (χ1n) is 3.80. The van der Waals surface area contributed by atoms with Crippen molar-refractivity contribution < 1.29 is 0 Å². The van der Waals surface area contributed by atoms with Crippen molar-refractivity contribution in [1.82, 2.24) is 20.2 Å². The largest absolute Gasteiger partial charge is 0.228 e. The SMILES string of the molecule is Clc1ccc(Cn2cnnn2)cc1. The molecule has 0 unspecified atom stereocenters. The fourth-order valence-corrected chi connectivity index (χ4v) is 1.16. The number of rotatable bonds is 2. The molecule has 0 radical (unpaired) electrons. The Balaban J connectivity index is 2.15. The highest BCUT2D eigenvalue weighted by molar-refractivity contribution is 6.30. The van der Waals surface area contributed by atoms with E-state index < -0.39 is 0 Å². The van der Waals surface area contributed by atoms with Crippen LogP contribution < -0.4 is 0 Å². The average molecular weight is 195 g/mol. The van der Waals surface area contributed by atoms with E-state index in [9.17, 15) is 0 Å². The molecule has 2 aromatic rings. The summed E-state index contributed by atoms with van der Waals surface area (Å²) in [6, 6.07) is 7.59. The van der Waals surface area contributed by atoms with Crippen LogP contribution in [0.15, 0.2) is 30.6 Å². The van der Waals surface area contributed by atoms with Crippen molar-refractivity contribution in [2.75, 3.05) is 0 Å². The molecule has 0 N–H and O–H groups in total. The third-order valence-electron chi connectivity index (χ3n) is 1.65. The van der Waals surface area contributed by atoms with E-state index in [0.29, 0.717) is 6.54 Å². The molecule has 1 aromatic carbocycles. The Hall–Kier alpha value is -1.42. The topological polar surface area (TPSA) is 43.6 Å². The highest BCUT2D eigenvalue weighted by Crippen LogP contribution is 2.09. The molecule has 4 nitrogen and oxygen atoms in total. The van der Waals surface area contributed by atoms with Crippen LogP contribution in [0.25, 0.3) is 0 Å². The molecule has 0 aliphatic rings. The number of hydrogen-bond donors (Lipinski definition) is 0. The molecule has 0 aliphatic heterocycles. The van der Waals surface area contributed by atoms with Gasteiger partial charge < -0.3 is 0 Å². The maximum Gasteiger partial charge on any atom is 0.138 e. The summed E-state index contributed by atoms with van der Waals surface area (Å²) in [4.78, 5) is 0. The fourth-order valence-electron chi connectivity index (χ4n) is 1.03. The minimum Gasteiger partial charge on any atom is -0.228 e. The number of aromatic nitrogens is 4. The van der Waals surface area contributed by atoms with Crippen LogP contribution in [-0.2, 0) is 6.54 Å². The number of nitrogens with zero attached hydrogens (tertiary/aromatic N) is 4. The summed E-state index contributed by atoms with van der Waals surface area (Å²) < 4.78 is 1.66. The third kappa shape index (κ3) is 2.03. The molecule has 0 aliphatic carbocycles. The summed E-state index contributed by atoms with van der Waals surface area (Å²) in [6.07, 6.45) is 1.58. The van der Waals surface area contributed by atoms with Crippen molar-refractivity contribution in [2.45, 2.75) is 6.54 Å². The van der Waals surface area contributed by atoms with Gasteiger partial charge in [-0.05, 0) is 28.1 Å². The zero-order chi connectivity index (χ0) is 9.10. The third-order valence-corrected chi connectivity index (χ3v) is 1.90. The van der Waals surface area contributed by atoms with E-state index in [-0.39, 0.29) is 0 Å². The van der Waals surface area contributed by atoms with Gasteiger partial charge in [-0.1, -0.05) is 23.7 Å². The van der Waals surface area contributed by atoms with E-state index in [1.165, 1.54) is 0 Å². The Labute approximate surface area is 80.1 Å². The number of halogens is 1. The molecule has 66 valence electrons. The quantitative estimate of drug-likeness (QED) is 0.726. The van der Waals surface area contributed by atoms with Gasteiger partial charge in [-0.2, -0.15) is 0 Å². The van der Waals surface area contributed by atoms with E-state index in [1.807, 2.05) is 24.3 Å². The van der Waals surface area contributed by atoms with Crippen LogP contribution in [0.4, 0.5) is 0 Å². The molecule has 1 heterocycles. The summed E-state index contributed by atoms with van der Waals surface area (Å²) >= 11 is 5.75. The Morgan fingerprint density at radius 2 is 2.00 bits per heavy atom. The summed E-state index contributed by atoms with van der Waals surface area (Å²) in [6.45, 7) is 0.671. The van der Waals surface area contributed by atoms with Gasteiger partial charge in [0.05, 0.1) is 6.54 Å². The fraction of sp³-hybridized carbons (Fsp3) is 0.125. The average Bonchev–Trinajstić information content (AvgIpc) is 2.62. The Kier molecular flexibility index (Phi) is 2.23. The van der Waals surface area contributed by atoms with Crippen LogP contribution in [0, 0.1) is 0 Å². The standard InChI is InChI=1S/C8H7ClN4/c9-8-3-1-7(2-4-8)5-13-6-10-11-12-13/h1-4,6H,5H2. The van der Waals surface area contributed by atoms with Crippen LogP contribution in [0.3, 0.4) is 0 Å². The molecule has 13 heavy (non-hydrogen) atoms. The van der Waals surface area contributed by atoms with Crippen molar-refractivity contribution in [1.29, 1.82) is 0 Å². The predicted molar refractivity (Wildman–Crippen MR) is 48.4 cm³/mol.